The van der Waals surface area contributed by atoms with E-state index >= 15 is 0 Å². The maximum atomic E-state index is 15.0. The van der Waals surface area contributed by atoms with E-state index in [0.717, 1.165) is 12.8 Å². The number of alkyl halides is 1. The second-order valence-electron chi connectivity index (χ2n) is 14.3. The van der Waals surface area contributed by atoms with Crippen molar-refractivity contribution < 1.29 is 19.5 Å². The van der Waals surface area contributed by atoms with Crippen LogP contribution in [0.3, 0.4) is 0 Å². The molecule has 0 aliphatic carbocycles. The number of rotatable bonds is 13. The highest BCUT2D eigenvalue weighted by atomic mass is 79.9. The van der Waals surface area contributed by atoms with Gasteiger partial charge in [0, 0.05) is 35.3 Å². The van der Waals surface area contributed by atoms with Crippen molar-refractivity contribution >= 4 is 45.4 Å². The number of aliphatic hydroxyl groups excluding tert-OH is 1. The molecule has 0 aromatic heterocycles. The molecule has 0 aromatic carbocycles. The van der Waals surface area contributed by atoms with E-state index in [2.05, 4.69) is 63.7 Å². The molecule has 0 saturated carbocycles. The minimum absolute atomic E-state index is 0.00461. The van der Waals surface area contributed by atoms with E-state index in [1.165, 1.54) is 0 Å². The highest BCUT2D eigenvalue weighted by Gasteiger charge is 2.76. The first kappa shape index (κ1) is 34.2. The number of fused-ring (bicyclic) bond motifs is 1. The number of nitrogens with zero attached hydrogens (tertiary/aromatic N) is 3. The zero-order chi connectivity index (χ0) is 31.1. The average Bonchev–Trinajstić information content (AvgIpc) is 3.44. The second kappa shape index (κ2) is 12.7. The van der Waals surface area contributed by atoms with Crippen LogP contribution in [0, 0.1) is 23.2 Å². The Morgan fingerprint density at radius 3 is 2.27 bits per heavy atom. The molecule has 1 spiro atoms. The quantitative estimate of drug-likeness (QED) is 0.220. The number of hydrogen-bond donors (Lipinski definition) is 1. The average molecular weight is 655 g/mol. The normalized spacial score (nSPS) is 30.0. The van der Waals surface area contributed by atoms with Crippen molar-refractivity contribution in [1.29, 1.82) is 0 Å². The van der Waals surface area contributed by atoms with E-state index in [9.17, 15) is 19.5 Å². The summed E-state index contributed by atoms with van der Waals surface area (Å²) in [5, 5.41) is 10.5. The summed E-state index contributed by atoms with van der Waals surface area (Å²) in [6.45, 7) is 25.6. The molecule has 7 nitrogen and oxygen atoms in total. The predicted molar refractivity (Wildman–Crippen MR) is 172 cm³/mol. The van der Waals surface area contributed by atoms with Gasteiger partial charge in [0.1, 0.15) is 6.04 Å². The van der Waals surface area contributed by atoms with Crippen molar-refractivity contribution in [3.8, 4) is 0 Å². The number of hydrogen-bond acceptors (Lipinski definition) is 5. The van der Waals surface area contributed by atoms with Crippen LogP contribution in [0.1, 0.15) is 74.7 Å². The highest BCUT2D eigenvalue weighted by molar-refractivity contribution is 9.09. The summed E-state index contributed by atoms with van der Waals surface area (Å²) in [5.41, 5.74) is -0.542. The molecule has 232 valence electrons. The van der Waals surface area contributed by atoms with Gasteiger partial charge in [0.25, 0.3) is 0 Å². The third-order valence-corrected chi connectivity index (χ3v) is 12.2. The highest BCUT2D eigenvalue weighted by Crippen LogP contribution is 2.68. The molecule has 3 amide bonds. The zero-order valence-electron chi connectivity index (χ0n) is 26.4. The number of likely N-dealkylation sites (tertiary alicyclic amines) is 1. The van der Waals surface area contributed by atoms with Gasteiger partial charge in [0.15, 0.2) is 0 Å². The van der Waals surface area contributed by atoms with Gasteiger partial charge in [0.05, 0.1) is 29.2 Å². The van der Waals surface area contributed by atoms with Gasteiger partial charge < -0.3 is 19.8 Å². The number of carbonyl (C=O) groups is 3. The fourth-order valence-electron chi connectivity index (χ4n) is 7.84. The molecule has 3 fully saturated rings. The van der Waals surface area contributed by atoms with Crippen LogP contribution in [0.25, 0.3) is 0 Å². The molecular formula is C32H52BrN3O4S. The minimum atomic E-state index is -0.786. The fraction of sp³-hybridized carbons (Fsp3) is 0.781. The lowest BCUT2D eigenvalue weighted by atomic mass is 9.70. The van der Waals surface area contributed by atoms with Gasteiger partial charge in [-0.3, -0.25) is 14.4 Å². The lowest BCUT2D eigenvalue weighted by molar-refractivity contribution is -0.150. The smallest absolute Gasteiger partial charge is 0.247 e. The van der Waals surface area contributed by atoms with Crippen LogP contribution in [0.2, 0.25) is 0 Å². The van der Waals surface area contributed by atoms with Gasteiger partial charge >= 0.3 is 0 Å². The number of thioether (sulfide) groups is 1. The van der Waals surface area contributed by atoms with E-state index in [4.69, 9.17) is 0 Å². The van der Waals surface area contributed by atoms with Crippen LogP contribution < -0.4 is 0 Å². The molecule has 7 atom stereocenters. The summed E-state index contributed by atoms with van der Waals surface area (Å²) in [6, 6.07) is -1.32. The fourth-order valence-corrected chi connectivity index (χ4v) is 11.4. The Morgan fingerprint density at radius 1 is 1.17 bits per heavy atom. The standard InChI is InChI=1S/C32H52BrN3O4S/c1-11-14-34(15-12-2)27(38)23-24-28(39)36(22(18-37)20(4)5)26(32(24)17-21(33)25(23)41-32)29(40)35(16-13-3)31(9,10)19-30(6,7)8/h11,13,20-26,37H,1,3,12,14-19H2,2,4-10H3/t21?,22-,23-,24-,25-,26?,32?/m0/s1. The van der Waals surface area contributed by atoms with E-state index < -0.39 is 34.2 Å². The Bertz CT molecular complexity index is 1030. The zero-order valence-corrected chi connectivity index (χ0v) is 28.8. The number of aliphatic hydroxyl groups is 1. The van der Waals surface area contributed by atoms with Crippen molar-refractivity contribution in [2.24, 2.45) is 23.2 Å². The van der Waals surface area contributed by atoms with E-state index in [1.54, 1.807) is 28.8 Å². The predicted octanol–water partition coefficient (Wildman–Crippen LogP) is 5.12. The molecular weight excluding hydrogens is 602 g/mol. The molecule has 3 aliphatic rings. The van der Waals surface area contributed by atoms with Crippen LogP contribution in [-0.2, 0) is 14.4 Å². The molecule has 2 bridgehead atoms. The Kier molecular flexibility index (Phi) is 10.6. The van der Waals surface area contributed by atoms with Crippen molar-refractivity contribution in [2.75, 3.05) is 26.2 Å². The molecule has 3 unspecified atom stereocenters. The third-order valence-electron chi connectivity index (χ3n) is 8.99. The molecule has 3 aliphatic heterocycles. The largest absolute Gasteiger partial charge is 0.394 e. The molecule has 1 N–H and O–H groups in total. The summed E-state index contributed by atoms with van der Waals surface area (Å²) < 4.78 is -0.765. The van der Waals surface area contributed by atoms with Crippen LogP contribution >= 0.6 is 27.7 Å². The first-order valence-corrected chi connectivity index (χ1v) is 16.9. The molecule has 0 radical (unpaired) electrons. The maximum absolute atomic E-state index is 15.0. The lowest BCUT2D eigenvalue weighted by Crippen LogP contribution is -2.62. The minimum Gasteiger partial charge on any atom is -0.394 e. The summed E-state index contributed by atoms with van der Waals surface area (Å²) in [4.78, 5) is 49.1. The van der Waals surface area contributed by atoms with E-state index in [0.29, 0.717) is 26.1 Å². The third kappa shape index (κ3) is 6.19. The van der Waals surface area contributed by atoms with Gasteiger partial charge in [-0.05, 0) is 44.4 Å². The van der Waals surface area contributed by atoms with Crippen molar-refractivity contribution in [2.45, 2.75) is 107 Å². The van der Waals surface area contributed by atoms with Crippen molar-refractivity contribution in [1.82, 2.24) is 14.7 Å². The lowest BCUT2D eigenvalue weighted by Gasteiger charge is -2.47. The van der Waals surface area contributed by atoms with E-state index in [-0.39, 0.29) is 45.7 Å². The molecule has 3 heterocycles. The second-order valence-corrected chi connectivity index (χ2v) is 17.0. The maximum Gasteiger partial charge on any atom is 0.247 e. The number of amides is 3. The van der Waals surface area contributed by atoms with Crippen LogP contribution in [0.4, 0.5) is 0 Å². The summed E-state index contributed by atoms with van der Waals surface area (Å²) >= 11 is 5.53. The Balaban J connectivity index is 2.19. The number of halogens is 1. The Hall–Kier alpha value is -1.32. The molecule has 3 rings (SSSR count). The van der Waals surface area contributed by atoms with Gasteiger partial charge in [-0.1, -0.05) is 69.6 Å². The van der Waals surface area contributed by atoms with Gasteiger partial charge in [-0.25, -0.2) is 0 Å². The summed E-state index contributed by atoms with van der Waals surface area (Å²) in [5.74, 6) is -1.57. The van der Waals surface area contributed by atoms with Crippen LogP contribution in [-0.4, -0.2) is 96.2 Å². The first-order chi connectivity index (χ1) is 19.0. The topological polar surface area (TPSA) is 81.2 Å². The monoisotopic (exact) mass is 653 g/mol. The van der Waals surface area contributed by atoms with E-state index in [1.807, 2.05) is 30.6 Å². The Labute approximate surface area is 260 Å². The van der Waals surface area contributed by atoms with Gasteiger partial charge in [-0.15, -0.1) is 24.9 Å². The molecule has 9 heteroatoms. The molecule has 41 heavy (non-hydrogen) atoms. The number of carbonyl (C=O) groups excluding carboxylic acids is 3. The van der Waals surface area contributed by atoms with Gasteiger partial charge in [0.2, 0.25) is 17.7 Å². The first-order valence-electron chi connectivity index (χ1n) is 15.1. The molecule has 3 saturated heterocycles. The van der Waals surface area contributed by atoms with Crippen molar-refractivity contribution in [3.05, 3.63) is 25.3 Å². The SMILES string of the molecule is C=CCN(CCC)C(=O)[C@H]1[C@H]2C(=O)N([C@@H](CO)C(C)C)C(C(=O)N(CC=C)C(C)(C)CC(C)(C)C)C23CC(Br)[C@@H]1S3. The molecule has 0 aromatic rings. The van der Waals surface area contributed by atoms with Crippen LogP contribution in [0.15, 0.2) is 25.3 Å². The van der Waals surface area contributed by atoms with Crippen molar-refractivity contribution in [3.63, 3.8) is 0 Å². The summed E-state index contributed by atoms with van der Waals surface area (Å²) in [7, 11) is 0. The van der Waals surface area contributed by atoms with Gasteiger partial charge in [-0.2, -0.15) is 0 Å². The Morgan fingerprint density at radius 2 is 1.78 bits per heavy atom. The summed E-state index contributed by atoms with van der Waals surface area (Å²) in [6.07, 6.45) is 5.66. The van der Waals surface area contributed by atoms with Crippen LogP contribution in [0.5, 0.6) is 0 Å².